The lowest BCUT2D eigenvalue weighted by atomic mass is 9.44. The molecule has 12 atom stereocenters. The number of allylic oxidation sites excluding steroid dienone is 4. The van der Waals surface area contributed by atoms with Gasteiger partial charge in [0, 0.05) is 28.1 Å². The number of hydrogen-bond acceptors (Lipinski definition) is 6. The van der Waals surface area contributed by atoms with E-state index in [0.717, 1.165) is 25.3 Å². The Labute approximate surface area is 246 Å². The molecular formula is C33H44F2O7. The van der Waals surface area contributed by atoms with Gasteiger partial charge in [-0.2, -0.15) is 0 Å². The molecule has 9 heteroatoms. The normalized spacial score (nSPS) is 52.1. The zero-order valence-electron chi connectivity index (χ0n) is 25.4. The Morgan fingerprint density at radius 1 is 1.05 bits per heavy atom. The number of carboxylic acid groups (broad SMARTS) is 1. The Morgan fingerprint density at radius 2 is 1.74 bits per heavy atom. The van der Waals surface area contributed by atoms with Crippen molar-refractivity contribution >= 4 is 17.9 Å². The topological polar surface area (TPSA) is 110 Å². The predicted octanol–water partition coefficient (Wildman–Crippen LogP) is 6.13. The van der Waals surface area contributed by atoms with Gasteiger partial charge in [-0.3, -0.25) is 4.79 Å². The number of carbonyl (C=O) groups is 3. The molecular weight excluding hydrogens is 546 g/mol. The van der Waals surface area contributed by atoms with Crippen molar-refractivity contribution in [1.82, 2.24) is 0 Å². The second-order valence-electron chi connectivity index (χ2n) is 15.6. The van der Waals surface area contributed by atoms with Crippen LogP contribution in [0.2, 0.25) is 0 Å². The van der Waals surface area contributed by atoms with Crippen molar-refractivity contribution in [2.75, 3.05) is 0 Å². The summed E-state index contributed by atoms with van der Waals surface area (Å²) in [4.78, 5) is 38.8. The number of carbonyl (C=O) groups excluding carboxylic acids is 2. The van der Waals surface area contributed by atoms with Crippen LogP contribution < -0.4 is 0 Å². The molecule has 7 nitrogen and oxygen atoms in total. The van der Waals surface area contributed by atoms with Crippen LogP contribution in [0.5, 0.6) is 0 Å². The van der Waals surface area contributed by atoms with Crippen molar-refractivity contribution in [1.29, 1.82) is 0 Å². The summed E-state index contributed by atoms with van der Waals surface area (Å²) >= 11 is 0. The Bertz CT molecular complexity index is 1290. The molecule has 0 aromatic heterocycles. The Kier molecular flexibility index (Phi) is 6.30. The van der Waals surface area contributed by atoms with Crippen LogP contribution in [0.3, 0.4) is 0 Å². The lowest BCUT2D eigenvalue weighted by molar-refractivity contribution is -0.235. The number of rotatable bonds is 3. The van der Waals surface area contributed by atoms with Gasteiger partial charge in [0.15, 0.2) is 11.5 Å². The molecule has 0 amide bonds. The van der Waals surface area contributed by atoms with Crippen LogP contribution in [-0.2, 0) is 19.1 Å². The first-order valence-corrected chi connectivity index (χ1v) is 15.5. The van der Waals surface area contributed by atoms with Crippen LogP contribution in [-0.4, -0.2) is 57.8 Å². The Hall–Kier alpha value is -2.29. The third-order valence-corrected chi connectivity index (χ3v) is 13.5. The van der Waals surface area contributed by atoms with Gasteiger partial charge in [-0.15, -0.1) is 0 Å². The highest BCUT2D eigenvalue weighted by Crippen LogP contribution is 2.72. The minimum atomic E-state index is -2.35. The highest BCUT2D eigenvalue weighted by molar-refractivity contribution is 6.01. The molecule has 1 unspecified atom stereocenters. The van der Waals surface area contributed by atoms with Crippen LogP contribution in [0.4, 0.5) is 13.6 Å². The van der Waals surface area contributed by atoms with E-state index in [1.807, 2.05) is 0 Å². The van der Waals surface area contributed by atoms with Crippen LogP contribution in [0.1, 0.15) is 86.5 Å². The molecule has 232 valence electrons. The van der Waals surface area contributed by atoms with E-state index in [1.165, 1.54) is 19.1 Å². The van der Waals surface area contributed by atoms with E-state index >= 15 is 8.78 Å². The van der Waals surface area contributed by atoms with Gasteiger partial charge in [-0.25, -0.2) is 18.4 Å². The zero-order valence-corrected chi connectivity index (χ0v) is 25.4. The fourth-order valence-electron chi connectivity index (χ4n) is 11.1. The molecule has 6 aliphatic rings. The largest absolute Gasteiger partial charge is 0.509 e. The number of fused-ring (bicyclic) bond motifs is 6. The summed E-state index contributed by atoms with van der Waals surface area (Å²) in [5.74, 6) is -3.97. The van der Waals surface area contributed by atoms with E-state index in [2.05, 4.69) is 20.8 Å². The monoisotopic (exact) mass is 590 g/mol. The van der Waals surface area contributed by atoms with Crippen molar-refractivity contribution in [3.05, 3.63) is 23.8 Å². The lowest BCUT2D eigenvalue weighted by Crippen LogP contribution is -2.71. The van der Waals surface area contributed by atoms with Gasteiger partial charge < -0.3 is 19.7 Å². The molecule has 5 saturated carbocycles. The maximum atomic E-state index is 17.5. The number of aliphatic hydroxyl groups excluding tert-OH is 1. The Balaban J connectivity index is 1.33. The third kappa shape index (κ3) is 3.43. The van der Waals surface area contributed by atoms with E-state index in [0.29, 0.717) is 12.3 Å². The van der Waals surface area contributed by atoms with E-state index < -0.39 is 76.1 Å². The average Bonchev–Trinajstić information content (AvgIpc) is 3.09. The number of alkyl halides is 2. The van der Waals surface area contributed by atoms with Gasteiger partial charge in [-0.05, 0) is 86.8 Å². The number of aliphatic carboxylic acids is 1. The first kappa shape index (κ1) is 29.8. The van der Waals surface area contributed by atoms with Gasteiger partial charge in [0.2, 0.25) is 5.60 Å². The molecule has 0 aromatic rings. The second kappa shape index (κ2) is 8.89. The molecule has 0 aliphatic heterocycles. The maximum absolute atomic E-state index is 17.5. The number of ketones is 1. The smallest absolute Gasteiger partial charge is 0.478 e. The molecule has 0 spiro atoms. The van der Waals surface area contributed by atoms with Gasteiger partial charge in [0.25, 0.3) is 0 Å². The first-order valence-electron chi connectivity index (χ1n) is 15.5. The van der Waals surface area contributed by atoms with Crippen molar-refractivity contribution in [3.63, 3.8) is 0 Å². The minimum absolute atomic E-state index is 0.00484. The SMILES string of the molecule is C[C@@H]1C[C@H]2[C@@H]3C[C@H](F)C4=CC(=O)C=C[C@]4(C)[C@@]3(F)[C@@H](O)C[C@]2(C)[C@@]1(OC(=O)O[C@H]1CCC(C)(C)C2CC[C@]21C)C(=O)O. The van der Waals surface area contributed by atoms with Gasteiger partial charge in [0.1, 0.15) is 12.3 Å². The number of carboxylic acids is 1. The lowest BCUT2D eigenvalue weighted by Gasteiger charge is -2.63. The standard InChI is InChI=1S/C33H44F2O7/c1-17-13-19-20-15-22(34)21-14-18(36)7-12-30(21,5)32(20,35)24(37)16-31(19,6)33(17,26(38)39)42-27(40)41-25-9-10-28(2,3)23-8-11-29(23,25)4/h7,12,14,17,19-20,22-25,37H,8-11,13,15-16H2,1-6H3,(H,38,39)/t17-,19+,20+,22+,23?,24+,25+,29-,30+,31+,32+,33+/m1/s1. The predicted molar refractivity (Wildman–Crippen MR) is 149 cm³/mol. The molecule has 0 radical (unpaired) electrons. The highest BCUT2D eigenvalue weighted by Gasteiger charge is 2.79. The molecule has 6 aliphatic carbocycles. The summed E-state index contributed by atoms with van der Waals surface area (Å²) in [7, 11) is 0. The number of aliphatic hydroxyl groups is 1. The molecule has 42 heavy (non-hydrogen) atoms. The molecule has 0 heterocycles. The van der Waals surface area contributed by atoms with Gasteiger partial charge >= 0.3 is 12.1 Å². The van der Waals surface area contributed by atoms with Crippen molar-refractivity contribution < 1.29 is 42.9 Å². The molecule has 5 fully saturated rings. The minimum Gasteiger partial charge on any atom is -0.478 e. The zero-order chi connectivity index (χ0) is 30.8. The van der Waals surface area contributed by atoms with Crippen molar-refractivity contribution in [2.24, 2.45) is 45.3 Å². The summed E-state index contributed by atoms with van der Waals surface area (Å²) in [6.45, 7) is 11.4. The fraction of sp³-hybridized carbons (Fsp3) is 0.788. The second-order valence-corrected chi connectivity index (χ2v) is 15.6. The van der Waals surface area contributed by atoms with Crippen molar-refractivity contribution in [2.45, 2.75) is 116 Å². The van der Waals surface area contributed by atoms with E-state index in [-0.39, 0.29) is 35.7 Å². The summed E-state index contributed by atoms with van der Waals surface area (Å²) in [6, 6.07) is 0. The molecule has 0 bridgehead atoms. The first-order chi connectivity index (χ1) is 19.4. The average molecular weight is 591 g/mol. The van der Waals surface area contributed by atoms with E-state index in [1.54, 1.807) is 13.8 Å². The fourth-order valence-corrected chi connectivity index (χ4v) is 11.1. The summed E-state index contributed by atoms with van der Waals surface area (Å²) in [6.07, 6.45) is 1.91. The number of halogens is 2. The van der Waals surface area contributed by atoms with Crippen molar-refractivity contribution in [3.8, 4) is 0 Å². The number of hydrogen-bond donors (Lipinski definition) is 2. The number of ether oxygens (including phenoxy) is 2. The maximum Gasteiger partial charge on any atom is 0.509 e. The summed E-state index contributed by atoms with van der Waals surface area (Å²) in [5.41, 5.74) is -7.52. The van der Waals surface area contributed by atoms with E-state index in [9.17, 15) is 24.6 Å². The summed E-state index contributed by atoms with van der Waals surface area (Å²) in [5, 5.41) is 22.3. The molecule has 6 rings (SSSR count). The highest BCUT2D eigenvalue weighted by atomic mass is 19.1. The van der Waals surface area contributed by atoms with Crippen LogP contribution in [0.15, 0.2) is 23.8 Å². The van der Waals surface area contributed by atoms with Crippen LogP contribution in [0, 0.1) is 45.3 Å². The quantitative estimate of drug-likeness (QED) is 0.381. The van der Waals surface area contributed by atoms with Crippen LogP contribution >= 0.6 is 0 Å². The Morgan fingerprint density at radius 3 is 2.36 bits per heavy atom. The third-order valence-electron chi connectivity index (χ3n) is 13.5. The molecule has 0 saturated heterocycles. The van der Waals surface area contributed by atoms with Crippen LogP contribution in [0.25, 0.3) is 0 Å². The van der Waals surface area contributed by atoms with E-state index in [4.69, 9.17) is 9.47 Å². The summed E-state index contributed by atoms with van der Waals surface area (Å²) < 4.78 is 45.1. The molecule has 2 N–H and O–H groups in total. The van der Waals surface area contributed by atoms with Gasteiger partial charge in [0.05, 0.1) is 6.10 Å². The van der Waals surface area contributed by atoms with Gasteiger partial charge in [-0.1, -0.05) is 40.7 Å². The molecule has 0 aromatic carbocycles.